The van der Waals surface area contributed by atoms with Crippen LogP contribution in [0.15, 0.2) is 52.8 Å². The van der Waals surface area contributed by atoms with Gasteiger partial charge in [-0.05, 0) is 17.7 Å². The molecule has 0 spiro atoms. The van der Waals surface area contributed by atoms with Gasteiger partial charge in [0.05, 0.1) is 5.69 Å². The molecule has 26 heavy (non-hydrogen) atoms. The second kappa shape index (κ2) is 7.92. The molecule has 0 bridgehead atoms. The molecule has 134 valence electrons. The van der Waals surface area contributed by atoms with Gasteiger partial charge in [-0.25, -0.2) is 19.7 Å². The average Bonchev–Trinajstić information content (AvgIpc) is 3.10. The Morgan fingerprint density at radius 3 is 2.58 bits per heavy atom. The minimum absolute atomic E-state index is 0.255. The maximum absolute atomic E-state index is 12.1. The molecule has 2 heterocycles. The molecular weight excluding hydrogens is 414 g/mol. The predicted octanol–water partition coefficient (Wildman–Crippen LogP) is 4.34. The monoisotopic (exact) mass is 431 g/mol. The summed E-state index contributed by atoms with van der Waals surface area (Å²) in [6, 6.07) is 7.87. The second-order valence-electron chi connectivity index (χ2n) is 6.22. The molecule has 0 unspecified atom stereocenters. The number of aromatic nitrogens is 3. The number of hydrogen-bond donors (Lipinski definition) is 2. The first kappa shape index (κ1) is 18.5. The topological polar surface area (TPSA) is 79.8 Å². The number of hydrogen-bond acceptors (Lipinski definition) is 5. The quantitative estimate of drug-likeness (QED) is 0.629. The number of rotatable bonds is 5. The third kappa shape index (κ3) is 4.44. The van der Waals surface area contributed by atoms with E-state index in [0.717, 1.165) is 21.3 Å². The molecule has 2 N–H and O–H groups in total. The largest absolute Gasteiger partial charge is 0.334 e. The van der Waals surface area contributed by atoms with Gasteiger partial charge in [0.15, 0.2) is 5.13 Å². The SMILES string of the molecule is CC(C)(c1ccc(Br)cc1)c1csc(NC(=O)NCc2cncnc2)n1. The van der Waals surface area contributed by atoms with Crippen LogP contribution in [0.1, 0.15) is 30.7 Å². The molecule has 0 radical (unpaired) electrons. The van der Waals surface area contributed by atoms with E-state index in [4.69, 9.17) is 0 Å². The summed E-state index contributed by atoms with van der Waals surface area (Å²) in [4.78, 5) is 24.5. The lowest BCUT2D eigenvalue weighted by atomic mass is 9.82. The van der Waals surface area contributed by atoms with Crippen LogP contribution in [0.25, 0.3) is 0 Å². The fourth-order valence-corrected chi connectivity index (χ4v) is 3.52. The number of benzene rings is 1. The van der Waals surface area contributed by atoms with E-state index in [9.17, 15) is 4.79 Å². The zero-order valence-electron chi connectivity index (χ0n) is 14.4. The van der Waals surface area contributed by atoms with Crippen molar-refractivity contribution in [3.8, 4) is 0 Å². The highest BCUT2D eigenvalue weighted by Crippen LogP contribution is 2.33. The molecule has 0 atom stereocenters. The minimum atomic E-state index is -0.309. The van der Waals surface area contributed by atoms with Crippen LogP contribution in [-0.2, 0) is 12.0 Å². The van der Waals surface area contributed by atoms with E-state index in [2.05, 4.69) is 67.5 Å². The average molecular weight is 432 g/mol. The maximum Gasteiger partial charge on any atom is 0.321 e. The molecule has 0 saturated carbocycles. The number of halogens is 1. The fraction of sp³-hybridized carbons (Fsp3) is 0.222. The van der Waals surface area contributed by atoms with E-state index < -0.39 is 0 Å². The first-order valence-corrected chi connectivity index (χ1v) is 9.63. The smallest absolute Gasteiger partial charge is 0.321 e. The number of nitrogens with one attached hydrogen (secondary N) is 2. The molecule has 0 fully saturated rings. The standard InChI is InChI=1S/C18H18BrN5OS/c1-18(2,13-3-5-14(19)6-4-13)15-10-26-17(23-15)24-16(25)22-9-12-7-20-11-21-8-12/h3-8,10-11H,9H2,1-2H3,(H2,22,23,24,25). The highest BCUT2D eigenvalue weighted by molar-refractivity contribution is 9.10. The van der Waals surface area contributed by atoms with Gasteiger partial charge in [-0.3, -0.25) is 5.32 Å². The Hall–Kier alpha value is -2.32. The van der Waals surface area contributed by atoms with Gasteiger partial charge in [0.2, 0.25) is 0 Å². The summed E-state index contributed by atoms with van der Waals surface area (Å²) in [6.45, 7) is 4.59. The molecule has 8 heteroatoms. The normalized spacial score (nSPS) is 11.2. The van der Waals surface area contributed by atoms with Crippen molar-refractivity contribution in [2.45, 2.75) is 25.8 Å². The van der Waals surface area contributed by atoms with Crippen LogP contribution >= 0.6 is 27.3 Å². The Balaban J connectivity index is 1.63. The molecule has 0 aliphatic heterocycles. The fourth-order valence-electron chi connectivity index (χ4n) is 2.38. The summed E-state index contributed by atoms with van der Waals surface area (Å²) < 4.78 is 1.04. The maximum atomic E-state index is 12.1. The van der Waals surface area contributed by atoms with Crippen LogP contribution in [0.5, 0.6) is 0 Å². The summed E-state index contributed by atoms with van der Waals surface area (Å²) in [6.07, 6.45) is 4.78. The molecule has 3 aromatic rings. The molecule has 2 aromatic heterocycles. The van der Waals surface area contributed by atoms with Crippen molar-refractivity contribution in [3.63, 3.8) is 0 Å². The Labute approximate surface area is 164 Å². The van der Waals surface area contributed by atoms with Crippen LogP contribution in [0.4, 0.5) is 9.93 Å². The van der Waals surface area contributed by atoms with Crippen molar-refractivity contribution >= 4 is 38.4 Å². The van der Waals surface area contributed by atoms with Crippen molar-refractivity contribution in [1.82, 2.24) is 20.3 Å². The third-order valence-corrected chi connectivity index (χ3v) is 5.28. The van der Waals surface area contributed by atoms with E-state index in [-0.39, 0.29) is 11.4 Å². The van der Waals surface area contributed by atoms with E-state index >= 15 is 0 Å². The molecule has 2 amide bonds. The van der Waals surface area contributed by atoms with Crippen molar-refractivity contribution in [3.05, 3.63) is 69.7 Å². The summed E-state index contributed by atoms with van der Waals surface area (Å²) in [5, 5.41) is 8.08. The molecule has 0 saturated heterocycles. The summed E-state index contributed by atoms with van der Waals surface area (Å²) >= 11 is 4.86. The van der Waals surface area contributed by atoms with Crippen molar-refractivity contribution < 1.29 is 4.79 Å². The number of nitrogens with zero attached hydrogens (tertiary/aromatic N) is 3. The Kier molecular flexibility index (Phi) is 5.63. The van der Waals surface area contributed by atoms with Crippen LogP contribution in [0.2, 0.25) is 0 Å². The zero-order chi connectivity index (χ0) is 18.6. The van der Waals surface area contributed by atoms with E-state index in [1.54, 1.807) is 12.4 Å². The van der Waals surface area contributed by atoms with Crippen LogP contribution in [0, 0.1) is 0 Å². The number of amides is 2. The van der Waals surface area contributed by atoms with Gasteiger partial charge in [0.25, 0.3) is 0 Å². The summed E-state index contributed by atoms with van der Waals surface area (Å²) in [7, 11) is 0. The minimum Gasteiger partial charge on any atom is -0.334 e. The van der Waals surface area contributed by atoms with Crippen molar-refractivity contribution in [2.75, 3.05) is 5.32 Å². The summed E-state index contributed by atoms with van der Waals surface area (Å²) in [5.41, 5.74) is 2.65. The summed E-state index contributed by atoms with van der Waals surface area (Å²) in [5.74, 6) is 0. The number of thiazole rings is 1. The van der Waals surface area contributed by atoms with Gasteiger partial charge in [-0.2, -0.15) is 0 Å². The third-order valence-electron chi connectivity index (χ3n) is 4.00. The lowest BCUT2D eigenvalue weighted by Crippen LogP contribution is -2.28. The molecule has 3 rings (SSSR count). The predicted molar refractivity (Wildman–Crippen MR) is 106 cm³/mol. The molecule has 0 aliphatic rings. The lowest BCUT2D eigenvalue weighted by Gasteiger charge is -2.23. The number of carbonyl (C=O) groups is 1. The molecule has 6 nitrogen and oxygen atoms in total. The molecule has 1 aromatic carbocycles. The van der Waals surface area contributed by atoms with Gasteiger partial charge < -0.3 is 5.32 Å². The first-order valence-electron chi connectivity index (χ1n) is 7.96. The van der Waals surface area contributed by atoms with Crippen LogP contribution in [-0.4, -0.2) is 21.0 Å². The highest BCUT2D eigenvalue weighted by Gasteiger charge is 2.26. The van der Waals surface area contributed by atoms with E-state index in [0.29, 0.717) is 11.7 Å². The van der Waals surface area contributed by atoms with Crippen LogP contribution in [0.3, 0.4) is 0 Å². The Morgan fingerprint density at radius 2 is 1.88 bits per heavy atom. The van der Waals surface area contributed by atoms with Crippen molar-refractivity contribution in [1.29, 1.82) is 0 Å². The first-order chi connectivity index (χ1) is 12.4. The van der Waals surface area contributed by atoms with Gasteiger partial charge >= 0.3 is 6.03 Å². The van der Waals surface area contributed by atoms with Crippen molar-refractivity contribution in [2.24, 2.45) is 0 Å². The van der Waals surface area contributed by atoms with Gasteiger partial charge in [0.1, 0.15) is 6.33 Å². The number of carbonyl (C=O) groups excluding carboxylic acids is 1. The van der Waals surface area contributed by atoms with Gasteiger partial charge in [-0.15, -0.1) is 11.3 Å². The molecule has 0 aliphatic carbocycles. The zero-order valence-corrected chi connectivity index (χ0v) is 16.8. The van der Waals surface area contributed by atoms with E-state index in [1.807, 2.05) is 17.5 Å². The van der Waals surface area contributed by atoms with E-state index in [1.165, 1.54) is 17.7 Å². The highest BCUT2D eigenvalue weighted by atomic mass is 79.9. The van der Waals surface area contributed by atoms with Gasteiger partial charge in [0, 0.05) is 39.8 Å². The van der Waals surface area contributed by atoms with Crippen LogP contribution < -0.4 is 10.6 Å². The second-order valence-corrected chi connectivity index (χ2v) is 8.00. The van der Waals surface area contributed by atoms with Gasteiger partial charge in [-0.1, -0.05) is 41.9 Å². The Bertz CT molecular complexity index is 880. The number of urea groups is 1. The molecular formula is C18H18BrN5OS. The number of anilines is 1. The lowest BCUT2D eigenvalue weighted by molar-refractivity contribution is 0.251. The Morgan fingerprint density at radius 1 is 1.19 bits per heavy atom.